The zero-order valence-corrected chi connectivity index (χ0v) is 20.3. The summed E-state index contributed by atoms with van der Waals surface area (Å²) in [4.78, 5) is 42.7. The summed E-state index contributed by atoms with van der Waals surface area (Å²) >= 11 is 6.05. The number of alkyl halides is 3. The molecule has 192 valence electrons. The standard InChI is InChI=1S/C24H29ClF3N3O4/c1-29(22(33)12-15-10-17(24(26,27)28)2-3-20(15)25)18-4-7-30(8-5-18)23(34)31-9-6-21-16(13-31)11-19(32)14-35-21/h2-3,10,16,18,21H,4-9,11-14H2,1H3/t16-,21+/m1/s1. The summed E-state index contributed by atoms with van der Waals surface area (Å²) in [6, 6.07) is 2.79. The van der Waals surface area contributed by atoms with E-state index in [0.29, 0.717) is 45.4 Å². The molecule has 0 aromatic heterocycles. The minimum Gasteiger partial charge on any atom is -0.370 e. The number of hydrogen-bond donors (Lipinski definition) is 0. The first kappa shape index (κ1) is 25.8. The highest BCUT2D eigenvalue weighted by Crippen LogP contribution is 2.32. The second-order valence-electron chi connectivity index (χ2n) is 9.57. The molecular formula is C24H29ClF3N3O4. The number of fused-ring (bicyclic) bond motifs is 1. The third-order valence-electron chi connectivity index (χ3n) is 7.27. The third-order valence-corrected chi connectivity index (χ3v) is 7.64. The largest absolute Gasteiger partial charge is 0.416 e. The molecule has 3 amide bonds. The van der Waals surface area contributed by atoms with E-state index in [9.17, 15) is 27.6 Å². The third kappa shape index (κ3) is 5.91. The van der Waals surface area contributed by atoms with E-state index >= 15 is 0 Å². The van der Waals surface area contributed by atoms with Gasteiger partial charge in [0.1, 0.15) is 6.61 Å². The van der Waals surface area contributed by atoms with Gasteiger partial charge >= 0.3 is 12.2 Å². The van der Waals surface area contributed by atoms with Crippen LogP contribution in [0, 0.1) is 5.92 Å². The van der Waals surface area contributed by atoms with Crippen molar-refractivity contribution in [1.82, 2.24) is 14.7 Å². The molecule has 0 spiro atoms. The molecule has 0 unspecified atom stereocenters. The second kappa shape index (κ2) is 10.3. The first-order valence-corrected chi connectivity index (χ1v) is 12.2. The molecule has 2 atom stereocenters. The normalized spacial score (nSPS) is 23.7. The number of piperidine rings is 2. The SMILES string of the molecule is CN(C(=O)Cc1cc(C(F)(F)F)ccc1Cl)C1CCN(C(=O)N2CC[C@@H]3OCC(=O)C[C@@H]3C2)CC1. The number of urea groups is 1. The highest BCUT2D eigenvalue weighted by molar-refractivity contribution is 6.31. The van der Waals surface area contributed by atoms with Crippen LogP contribution >= 0.6 is 11.6 Å². The summed E-state index contributed by atoms with van der Waals surface area (Å²) in [7, 11) is 1.64. The van der Waals surface area contributed by atoms with Crippen LogP contribution in [0.3, 0.4) is 0 Å². The maximum absolute atomic E-state index is 13.1. The molecule has 0 saturated carbocycles. The molecule has 11 heteroatoms. The molecule has 3 fully saturated rings. The highest BCUT2D eigenvalue weighted by Gasteiger charge is 2.38. The van der Waals surface area contributed by atoms with E-state index in [1.165, 1.54) is 0 Å². The van der Waals surface area contributed by atoms with Crippen LogP contribution in [0.25, 0.3) is 0 Å². The van der Waals surface area contributed by atoms with E-state index in [4.69, 9.17) is 16.3 Å². The number of nitrogens with zero attached hydrogens (tertiary/aromatic N) is 3. The number of ketones is 1. The molecule has 3 aliphatic heterocycles. The molecule has 3 heterocycles. The number of halogens is 4. The van der Waals surface area contributed by atoms with Crippen molar-refractivity contribution in [2.45, 2.75) is 50.4 Å². The summed E-state index contributed by atoms with van der Waals surface area (Å²) in [6.45, 7) is 2.21. The Morgan fingerprint density at radius 1 is 1.14 bits per heavy atom. The van der Waals surface area contributed by atoms with Gasteiger partial charge in [-0.2, -0.15) is 13.2 Å². The quantitative estimate of drug-likeness (QED) is 0.616. The topological polar surface area (TPSA) is 70.2 Å². The van der Waals surface area contributed by atoms with E-state index < -0.39 is 11.7 Å². The zero-order chi connectivity index (χ0) is 25.3. The van der Waals surface area contributed by atoms with Gasteiger partial charge in [0.15, 0.2) is 5.78 Å². The molecule has 0 N–H and O–H groups in total. The molecule has 3 saturated heterocycles. The minimum atomic E-state index is -4.51. The predicted octanol–water partition coefficient (Wildman–Crippen LogP) is 3.62. The fraction of sp³-hybridized carbons (Fsp3) is 0.625. The van der Waals surface area contributed by atoms with Gasteiger partial charge in [0.2, 0.25) is 5.91 Å². The van der Waals surface area contributed by atoms with Crippen LogP contribution in [0.4, 0.5) is 18.0 Å². The lowest BCUT2D eigenvalue weighted by atomic mass is 9.88. The summed E-state index contributed by atoms with van der Waals surface area (Å²) in [5.74, 6) is -0.210. The Morgan fingerprint density at radius 3 is 2.51 bits per heavy atom. The lowest BCUT2D eigenvalue weighted by molar-refractivity contribution is -0.140. The Morgan fingerprint density at radius 2 is 1.83 bits per heavy atom. The Labute approximate surface area is 207 Å². The summed E-state index contributed by atoms with van der Waals surface area (Å²) in [6.07, 6.45) is -2.39. The van der Waals surface area contributed by atoms with Gasteiger partial charge in [-0.05, 0) is 43.0 Å². The zero-order valence-electron chi connectivity index (χ0n) is 19.5. The van der Waals surface area contributed by atoms with Crippen molar-refractivity contribution in [2.24, 2.45) is 5.92 Å². The molecule has 0 aliphatic carbocycles. The molecule has 35 heavy (non-hydrogen) atoms. The van der Waals surface area contributed by atoms with Gasteiger partial charge in [0, 0.05) is 56.6 Å². The number of rotatable bonds is 3. The van der Waals surface area contributed by atoms with Gasteiger partial charge in [-0.15, -0.1) is 0 Å². The molecular weight excluding hydrogens is 487 g/mol. The molecule has 1 aromatic carbocycles. The maximum atomic E-state index is 13.1. The number of likely N-dealkylation sites (N-methyl/N-ethyl adjacent to an activating group) is 1. The number of Topliss-reactive ketones (excluding diaryl/α,β-unsaturated/α-hetero) is 1. The predicted molar refractivity (Wildman–Crippen MR) is 122 cm³/mol. The number of carbonyl (C=O) groups excluding carboxylic acids is 3. The summed E-state index contributed by atoms with van der Waals surface area (Å²) in [5.41, 5.74) is -0.702. The van der Waals surface area contributed by atoms with Gasteiger partial charge in [0.05, 0.1) is 18.1 Å². The van der Waals surface area contributed by atoms with Crippen LogP contribution in [0.2, 0.25) is 5.02 Å². The Kier molecular flexibility index (Phi) is 7.61. The van der Waals surface area contributed by atoms with Gasteiger partial charge in [-0.1, -0.05) is 11.6 Å². The lowest BCUT2D eigenvalue weighted by Crippen LogP contribution is -2.55. The van der Waals surface area contributed by atoms with E-state index in [2.05, 4.69) is 0 Å². The fourth-order valence-electron chi connectivity index (χ4n) is 5.17. The maximum Gasteiger partial charge on any atom is 0.416 e. The van der Waals surface area contributed by atoms with Gasteiger partial charge < -0.3 is 19.4 Å². The number of ether oxygens (including phenoxy) is 1. The molecule has 4 rings (SSSR count). The van der Waals surface area contributed by atoms with Gasteiger partial charge in [-0.3, -0.25) is 9.59 Å². The minimum absolute atomic E-state index is 0.0347. The van der Waals surface area contributed by atoms with Crippen LogP contribution < -0.4 is 0 Å². The first-order chi connectivity index (χ1) is 16.5. The van der Waals surface area contributed by atoms with Crippen molar-refractivity contribution in [3.8, 4) is 0 Å². The number of carbonyl (C=O) groups is 3. The summed E-state index contributed by atoms with van der Waals surface area (Å²) in [5, 5.41) is 0.119. The van der Waals surface area contributed by atoms with Crippen LogP contribution in [0.15, 0.2) is 18.2 Å². The summed E-state index contributed by atoms with van der Waals surface area (Å²) < 4.78 is 44.7. The van der Waals surface area contributed by atoms with Gasteiger partial charge in [0.25, 0.3) is 0 Å². The van der Waals surface area contributed by atoms with Crippen LogP contribution in [0.1, 0.15) is 36.8 Å². The van der Waals surface area contributed by atoms with Crippen molar-refractivity contribution in [2.75, 3.05) is 39.8 Å². The van der Waals surface area contributed by atoms with Crippen LogP contribution in [-0.2, 0) is 26.9 Å². The lowest BCUT2D eigenvalue weighted by Gasteiger charge is -2.43. The smallest absolute Gasteiger partial charge is 0.370 e. The van der Waals surface area contributed by atoms with Crippen molar-refractivity contribution in [3.63, 3.8) is 0 Å². The van der Waals surface area contributed by atoms with E-state index in [1.54, 1.807) is 21.7 Å². The molecule has 7 nitrogen and oxygen atoms in total. The molecule has 0 radical (unpaired) electrons. The van der Waals surface area contributed by atoms with Crippen LogP contribution in [0.5, 0.6) is 0 Å². The van der Waals surface area contributed by atoms with Gasteiger partial charge in [-0.25, -0.2) is 4.79 Å². The van der Waals surface area contributed by atoms with Crippen molar-refractivity contribution >= 4 is 29.3 Å². The van der Waals surface area contributed by atoms with Crippen LogP contribution in [-0.4, -0.2) is 84.4 Å². The number of amides is 3. The fourth-order valence-corrected chi connectivity index (χ4v) is 5.36. The molecule has 0 bridgehead atoms. The average Bonchev–Trinajstić information content (AvgIpc) is 2.83. The Bertz CT molecular complexity index is 981. The average molecular weight is 516 g/mol. The van der Waals surface area contributed by atoms with E-state index in [1.807, 2.05) is 0 Å². The van der Waals surface area contributed by atoms with E-state index in [-0.39, 0.29) is 59.4 Å². The van der Waals surface area contributed by atoms with Crippen molar-refractivity contribution in [1.29, 1.82) is 0 Å². The second-order valence-corrected chi connectivity index (χ2v) is 9.98. The first-order valence-electron chi connectivity index (χ1n) is 11.8. The highest BCUT2D eigenvalue weighted by atomic mass is 35.5. The number of likely N-dealkylation sites (tertiary alicyclic amines) is 2. The number of hydrogen-bond acceptors (Lipinski definition) is 4. The van der Waals surface area contributed by atoms with Crippen molar-refractivity contribution in [3.05, 3.63) is 34.3 Å². The molecule has 1 aromatic rings. The van der Waals surface area contributed by atoms with E-state index in [0.717, 1.165) is 24.6 Å². The van der Waals surface area contributed by atoms with Crippen molar-refractivity contribution < 1.29 is 32.3 Å². The monoisotopic (exact) mass is 515 g/mol. The Balaban J connectivity index is 1.29. The number of benzene rings is 1. The molecule has 3 aliphatic rings. The Hall–Kier alpha value is -2.33.